The molecule has 0 aliphatic carbocycles. The van der Waals surface area contributed by atoms with Crippen LogP contribution in [-0.4, -0.2) is 67.0 Å². The number of carbonyl (C=O) groups excluding carboxylic acids is 2. The van der Waals surface area contributed by atoms with Gasteiger partial charge in [0, 0.05) is 26.7 Å². The van der Waals surface area contributed by atoms with E-state index in [2.05, 4.69) is 5.32 Å². The van der Waals surface area contributed by atoms with Crippen molar-refractivity contribution < 1.29 is 14.3 Å². The number of nitrogens with zero attached hydrogens (tertiary/aromatic N) is 2. The number of urea groups is 1. The van der Waals surface area contributed by atoms with E-state index < -0.39 is 6.04 Å². The second-order valence-electron chi connectivity index (χ2n) is 5.19. The van der Waals surface area contributed by atoms with Gasteiger partial charge in [-0.05, 0) is 19.3 Å². The zero-order valence-corrected chi connectivity index (χ0v) is 11.9. The number of ether oxygens (including phenoxy) is 1. The molecule has 0 bridgehead atoms. The topological polar surface area (TPSA) is 85.7 Å². The van der Waals surface area contributed by atoms with Crippen LogP contribution in [0.25, 0.3) is 0 Å². The Labute approximate surface area is 118 Å². The minimum absolute atomic E-state index is 0.0263. The van der Waals surface area contributed by atoms with E-state index >= 15 is 0 Å². The maximum Gasteiger partial charge on any atom is 0.323 e. The summed E-state index contributed by atoms with van der Waals surface area (Å²) < 4.78 is 4.97. The molecule has 0 radical (unpaired) electrons. The van der Waals surface area contributed by atoms with Gasteiger partial charge >= 0.3 is 6.03 Å². The predicted octanol–water partition coefficient (Wildman–Crippen LogP) is 0.406. The minimum atomic E-state index is -0.480. The SMILES string of the molecule is COCCN1C(=O)NC(=N)C1CC(=O)N1CCCCC1. The molecule has 1 unspecified atom stereocenters. The molecule has 7 nitrogen and oxygen atoms in total. The summed E-state index contributed by atoms with van der Waals surface area (Å²) in [4.78, 5) is 27.4. The zero-order valence-electron chi connectivity index (χ0n) is 11.9. The van der Waals surface area contributed by atoms with Gasteiger partial charge in [-0.2, -0.15) is 0 Å². The Hall–Kier alpha value is -1.63. The Morgan fingerprint density at radius 2 is 2.10 bits per heavy atom. The Morgan fingerprint density at radius 3 is 2.75 bits per heavy atom. The molecule has 0 aromatic carbocycles. The molecular formula is C13H22N4O3. The monoisotopic (exact) mass is 282 g/mol. The Bertz CT molecular complexity index is 393. The number of piperidine rings is 1. The van der Waals surface area contributed by atoms with E-state index in [1.54, 1.807) is 7.11 Å². The quantitative estimate of drug-likeness (QED) is 0.765. The van der Waals surface area contributed by atoms with Gasteiger partial charge in [0.2, 0.25) is 5.91 Å². The maximum absolute atomic E-state index is 12.3. The summed E-state index contributed by atoms with van der Waals surface area (Å²) >= 11 is 0. The summed E-state index contributed by atoms with van der Waals surface area (Å²) in [5, 5.41) is 10.3. The first-order valence-electron chi connectivity index (χ1n) is 7.06. The fourth-order valence-corrected chi connectivity index (χ4v) is 2.66. The third-order valence-electron chi connectivity index (χ3n) is 3.82. The van der Waals surface area contributed by atoms with Gasteiger partial charge in [0.05, 0.1) is 19.1 Å². The van der Waals surface area contributed by atoms with Crippen molar-refractivity contribution in [3.63, 3.8) is 0 Å². The molecule has 0 spiro atoms. The summed E-state index contributed by atoms with van der Waals surface area (Å²) in [7, 11) is 1.56. The molecule has 2 aliphatic rings. The molecule has 2 heterocycles. The molecule has 2 fully saturated rings. The van der Waals surface area contributed by atoms with Gasteiger partial charge in [-0.1, -0.05) is 0 Å². The lowest BCUT2D eigenvalue weighted by Crippen LogP contribution is -2.43. The average molecular weight is 282 g/mol. The lowest BCUT2D eigenvalue weighted by molar-refractivity contribution is -0.132. The lowest BCUT2D eigenvalue weighted by atomic mass is 10.1. The van der Waals surface area contributed by atoms with Crippen molar-refractivity contribution in [3.8, 4) is 0 Å². The highest BCUT2D eigenvalue weighted by Gasteiger charge is 2.37. The Balaban J connectivity index is 1.95. The number of likely N-dealkylation sites (tertiary alicyclic amines) is 1. The van der Waals surface area contributed by atoms with Crippen molar-refractivity contribution in [2.24, 2.45) is 0 Å². The van der Waals surface area contributed by atoms with Crippen LogP contribution < -0.4 is 5.32 Å². The predicted molar refractivity (Wildman–Crippen MR) is 73.7 cm³/mol. The third kappa shape index (κ3) is 3.27. The first-order chi connectivity index (χ1) is 9.63. The van der Waals surface area contributed by atoms with Crippen LogP contribution >= 0.6 is 0 Å². The van der Waals surface area contributed by atoms with Gasteiger partial charge in [0.15, 0.2) is 0 Å². The first-order valence-corrected chi connectivity index (χ1v) is 7.06. The largest absolute Gasteiger partial charge is 0.383 e. The van der Waals surface area contributed by atoms with E-state index in [-0.39, 0.29) is 24.2 Å². The molecule has 3 amide bonds. The fourth-order valence-electron chi connectivity index (χ4n) is 2.66. The standard InChI is InChI=1S/C13H22N4O3/c1-20-8-7-17-10(12(14)15-13(17)19)9-11(18)16-5-3-2-4-6-16/h10H,2-9H2,1H3,(H2,14,15,19). The number of amidine groups is 1. The molecule has 0 saturated carbocycles. The van der Waals surface area contributed by atoms with E-state index in [9.17, 15) is 9.59 Å². The van der Waals surface area contributed by atoms with Crippen molar-refractivity contribution in [3.05, 3.63) is 0 Å². The van der Waals surface area contributed by atoms with E-state index in [0.29, 0.717) is 13.2 Å². The van der Waals surface area contributed by atoms with Gasteiger partial charge in [-0.15, -0.1) is 0 Å². The fraction of sp³-hybridized carbons (Fsp3) is 0.769. The van der Waals surface area contributed by atoms with Gasteiger partial charge < -0.3 is 14.5 Å². The van der Waals surface area contributed by atoms with Crippen LogP contribution in [0.5, 0.6) is 0 Å². The summed E-state index contributed by atoms with van der Waals surface area (Å²) in [5.41, 5.74) is 0. The highest BCUT2D eigenvalue weighted by molar-refractivity contribution is 6.07. The van der Waals surface area contributed by atoms with Crippen molar-refractivity contribution in [2.45, 2.75) is 31.7 Å². The third-order valence-corrected chi connectivity index (χ3v) is 3.82. The van der Waals surface area contributed by atoms with Gasteiger partial charge in [0.25, 0.3) is 0 Å². The van der Waals surface area contributed by atoms with E-state index in [1.165, 1.54) is 11.3 Å². The van der Waals surface area contributed by atoms with E-state index in [4.69, 9.17) is 10.1 Å². The molecule has 2 rings (SSSR count). The van der Waals surface area contributed by atoms with E-state index in [0.717, 1.165) is 25.9 Å². The second kappa shape index (κ2) is 6.69. The van der Waals surface area contributed by atoms with Crippen LogP contribution in [0.1, 0.15) is 25.7 Å². The first kappa shape index (κ1) is 14.8. The highest BCUT2D eigenvalue weighted by Crippen LogP contribution is 2.16. The summed E-state index contributed by atoms with van der Waals surface area (Å²) in [5.74, 6) is 0.134. The summed E-state index contributed by atoms with van der Waals surface area (Å²) in [6.07, 6.45) is 3.43. The van der Waals surface area contributed by atoms with Crippen molar-refractivity contribution >= 4 is 17.8 Å². The highest BCUT2D eigenvalue weighted by atomic mass is 16.5. The van der Waals surface area contributed by atoms with Crippen LogP contribution in [0.3, 0.4) is 0 Å². The normalized spacial score (nSPS) is 23.1. The molecule has 2 saturated heterocycles. The molecule has 0 aromatic heterocycles. The Morgan fingerprint density at radius 1 is 1.40 bits per heavy atom. The summed E-state index contributed by atoms with van der Waals surface area (Å²) in [6.45, 7) is 2.37. The summed E-state index contributed by atoms with van der Waals surface area (Å²) in [6, 6.07) is -0.796. The van der Waals surface area contributed by atoms with E-state index in [1.807, 2.05) is 4.90 Å². The molecule has 112 valence electrons. The molecule has 1 atom stereocenters. The van der Waals surface area contributed by atoms with Crippen molar-refractivity contribution in [2.75, 3.05) is 33.4 Å². The number of hydrogen-bond donors (Lipinski definition) is 2. The number of amides is 3. The van der Waals surface area contributed by atoms with Gasteiger partial charge in [-0.25, -0.2) is 4.79 Å². The van der Waals surface area contributed by atoms with Crippen LogP contribution in [-0.2, 0) is 9.53 Å². The smallest absolute Gasteiger partial charge is 0.323 e. The van der Waals surface area contributed by atoms with Crippen molar-refractivity contribution in [1.82, 2.24) is 15.1 Å². The van der Waals surface area contributed by atoms with Crippen LogP contribution in [0.15, 0.2) is 0 Å². The van der Waals surface area contributed by atoms with Crippen LogP contribution in [0.4, 0.5) is 4.79 Å². The molecule has 20 heavy (non-hydrogen) atoms. The van der Waals surface area contributed by atoms with Crippen LogP contribution in [0, 0.1) is 5.41 Å². The molecular weight excluding hydrogens is 260 g/mol. The zero-order chi connectivity index (χ0) is 14.5. The number of rotatable bonds is 5. The number of carbonyl (C=O) groups is 2. The minimum Gasteiger partial charge on any atom is -0.383 e. The molecule has 7 heteroatoms. The molecule has 2 aliphatic heterocycles. The van der Waals surface area contributed by atoms with Crippen molar-refractivity contribution in [1.29, 1.82) is 5.41 Å². The molecule has 2 N–H and O–H groups in total. The van der Waals surface area contributed by atoms with Gasteiger partial charge in [0.1, 0.15) is 5.84 Å². The average Bonchev–Trinajstić information content (AvgIpc) is 2.72. The number of nitrogens with one attached hydrogen (secondary N) is 2. The number of hydrogen-bond acceptors (Lipinski definition) is 4. The Kier molecular flexibility index (Phi) is 4.94. The van der Waals surface area contributed by atoms with Crippen LogP contribution in [0.2, 0.25) is 0 Å². The van der Waals surface area contributed by atoms with Gasteiger partial charge in [-0.3, -0.25) is 15.5 Å². The second-order valence-corrected chi connectivity index (χ2v) is 5.19. The maximum atomic E-state index is 12.3. The molecule has 0 aromatic rings. The lowest BCUT2D eigenvalue weighted by Gasteiger charge is -2.29. The number of methoxy groups -OCH3 is 1.